The molecule has 0 spiro atoms. The zero-order valence-electron chi connectivity index (χ0n) is 19.8. The molecule has 0 radical (unpaired) electrons. The molecule has 5 rings (SSSR count). The molecule has 0 saturated carbocycles. The normalized spacial score (nSPS) is 10.9. The van der Waals surface area contributed by atoms with Crippen molar-refractivity contribution in [3.63, 3.8) is 0 Å². The summed E-state index contributed by atoms with van der Waals surface area (Å²) in [6.45, 7) is 3.68. The Labute approximate surface area is 207 Å². The minimum atomic E-state index is -0.349. The fourth-order valence-electron chi connectivity index (χ4n) is 4.50. The monoisotopic (exact) mass is 476 g/mol. The maximum absolute atomic E-state index is 13.1. The van der Waals surface area contributed by atoms with Crippen molar-refractivity contribution in [2.24, 2.45) is 0 Å². The molecule has 5 aromatic carbocycles. The smallest absolute Gasteiger partial charge is 0.255 e. The Bertz CT molecular complexity index is 1550. The van der Waals surface area contributed by atoms with Crippen LogP contribution in [0.2, 0.25) is 0 Å². The van der Waals surface area contributed by atoms with Crippen LogP contribution >= 0.6 is 0 Å². The van der Waals surface area contributed by atoms with Crippen LogP contribution in [0, 0.1) is 13.8 Å². The third kappa shape index (κ3) is 3.88. The van der Waals surface area contributed by atoms with Crippen LogP contribution in [0.3, 0.4) is 0 Å². The molecule has 0 heterocycles. The minimum absolute atomic E-state index is 0.106. The van der Waals surface area contributed by atoms with E-state index in [-0.39, 0.29) is 34.1 Å². The summed E-state index contributed by atoms with van der Waals surface area (Å²) >= 11 is 0. The van der Waals surface area contributed by atoms with Crippen LogP contribution < -0.4 is 10.6 Å². The summed E-state index contributed by atoms with van der Waals surface area (Å²) in [6.07, 6.45) is 0. The van der Waals surface area contributed by atoms with Gasteiger partial charge in [-0.15, -0.1) is 0 Å². The van der Waals surface area contributed by atoms with Crippen LogP contribution in [0.25, 0.3) is 21.5 Å². The van der Waals surface area contributed by atoms with Gasteiger partial charge in [-0.1, -0.05) is 60.7 Å². The van der Waals surface area contributed by atoms with Crippen LogP contribution in [0.5, 0.6) is 11.5 Å². The van der Waals surface area contributed by atoms with Gasteiger partial charge in [0.05, 0.1) is 22.1 Å². The van der Waals surface area contributed by atoms with Gasteiger partial charge in [-0.2, -0.15) is 0 Å². The molecule has 0 saturated heterocycles. The number of nitrogens with one attached hydrogen (secondary N) is 2. The number of benzene rings is 5. The van der Waals surface area contributed by atoms with Gasteiger partial charge in [-0.05, 0) is 49.2 Å². The number of aryl methyl sites for hydroxylation is 2. The van der Waals surface area contributed by atoms with E-state index in [1.807, 2.05) is 38.1 Å². The molecular formula is C30H24N2O4. The van der Waals surface area contributed by atoms with Crippen LogP contribution in [0.15, 0.2) is 84.9 Å². The number of phenolic OH excluding ortho intramolecular Hbond substituents is 2. The van der Waals surface area contributed by atoms with Gasteiger partial charge < -0.3 is 20.8 Å². The van der Waals surface area contributed by atoms with Crippen molar-refractivity contribution in [1.82, 2.24) is 0 Å². The molecule has 0 aliphatic heterocycles. The highest BCUT2D eigenvalue weighted by atomic mass is 16.3. The van der Waals surface area contributed by atoms with Gasteiger partial charge in [0, 0.05) is 21.9 Å². The molecule has 0 unspecified atom stereocenters. The standard InChI is InChI=1S/C30H24N2O4/c1-17-9-3-5-11-19(17)29(35)31-23-15-16-24(32-30(36)20-12-6-4-10-18(20)2)26-25(23)27(33)21-13-7-8-14-22(21)28(26)34/h3-16,33-34H,1-2H3,(H,31,35)(H,32,36). The second kappa shape index (κ2) is 9.07. The minimum Gasteiger partial charge on any atom is -0.507 e. The average molecular weight is 477 g/mol. The molecule has 36 heavy (non-hydrogen) atoms. The molecular weight excluding hydrogens is 452 g/mol. The van der Waals surface area contributed by atoms with Crippen molar-refractivity contribution in [3.05, 3.63) is 107 Å². The number of hydrogen-bond donors (Lipinski definition) is 4. The van der Waals surface area contributed by atoms with Gasteiger partial charge in [-0.3, -0.25) is 9.59 Å². The summed E-state index contributed by atoms with van der Waals surface area (Å²) in [5, 5.41) is 29.7. The molecule has 6 nitrogen and oxygen atoms in total. The zero-order valence-corrected chi connectivity index (χ0v) is 19.8. The largest absolute Gasteiger partial charge is 0.507 e. The van der Waals surface area contributed by atoms with Crippen LogP contribution in [0.4, 0.5) is 11.4 Å². The summed E-state index contributed by atoms with van der Waals surface area (Å²) < 4.78 is 0. The number of amides is 2. The number of phenols is 2. The molecule has 0 atom stereocenters. The first kappa shape index (κ1) is 22.9. The van der Waals surface area contributed by atoms with E-state index in [4.69, 9.17) is 0 Å². The predicted molar refractivity (Wildman–Crippen MR) is 143 cm³/mol. The van der Waals surface area contributed by atoms with Crippen molar-refractivity contribution in [1.29, 1.82) is 0 Å². The van der Waals surface area contributed by atoms with E-state index in [1.165, 1.54) is 0 Å². The average Bonchev–Trinajstić information content (AvgIpc) is 2.88. The molecule has 0 fully saturated rings. The van der Waals surface area contributed by atoms with Crippen molar-refractivity contribution in [2.45, 2.75) is 13.8 Å². The number of rotatable bonds is 4. The Kier molecular flexibility index (Phi) is 5.78. The molecule has 5 aromatic rings. The first-order chi connectivity index (χ1) is 17.4. The number of aromatic hydroxyl groups is 2. The molecule has 0 aliphatic rings. The molecule has 4 N–H and O–H groups in total. The van der Waals surface area contributed by atoms with Crippen molar-refractivity contribution >= 4 is 44.7 Å². The third-order valence-electron chi connectivity index (χ3n) is 6.39. The summed E-state index contributed by atoms with van der Waals surface area (Å²) in [4.78, 5) is 26.2. The molecule has 6 heteroatoms. The number of hydrogen-bond acceptors (Lipinski definition) is 4. The molecule has 0 aliphatic carbocycles. The number of anilines is 2. The highest BCUT2D eigenvalue weighted by molar-refractivity contribution is 6.23. The fraction of sp³-hybridized carbons (Fsp3) is 0.0667. The highest BCUT2D eigenvalue weighted by Gasteiger charge is 2.22. The Morgan fingerprint density at radius 1 is 0.556 bits per heavy atom. The van der Waals surface area contributed by atoms with E-state index >= 15 is 0 Å². The zero-order chi connectivity index (χ0) is 25.4. The second-order valence-corrected chi connectivity index (χ2v) is 8.69. The van der Waals surface area contributed by atoms with E-state index in [2.05, 4.69) is 10.6 Å². The van der Waals surface area contributed by atoms with Crippen LogP contribution in [-0.4, -0.2) is 22.0 Å². The lowest BCUT2D eigenvalue weighted by Crippen LogP contribution is -2.15. The topological polar surface area (TPSA) is 98.7 Å². The van der Waals surface area contributed by atoms with Crippen LogP contribution in [-0.2, 0) is 0 Å². The highest BCUT2D eigenvalue weighted by Crippen LogP contribution is 2.47. The first-order valence-electron chi connectivity index (χ1n) is 11.5. The Morgan fingerprint density at radius 2 is 0.917 bits per heavy atom. The Morgan fingerprint density at radius 3 is 1.31 bits per heavy atom. The van der Waals surface area contributed by atoms with Gasteiger partial charge >= 0.3 is 0 Å². The number of fused-ring (bicyclic) bond motifs is 2. The van der Waals surface area contributed by atoms with Crippen molar-refractivity contribution < 1.29 is 19.8 Å². The number of carbonyl (C=O) groups is 2. The lowest BCUT2D eigenvalue weighted by atomic mass is 9.97. The van der Waals surface area contributed by atoms with E-state index in [1.54, 1.807) is 60.7 Å². The molecule has 2 amide bonds. The molecule has 178 valence electrons. The van der Waals surface area contributed by atoms with Gasteiger partial charge in [0.25, 0.3) is 11.8 Å². The Hall–Kier alpha value is -4.84. The van der Waals surface area contributed by atoms with Crippen molar-refractivity contribution in [2.75, 3.05) is 10.6 Å². The van der Waals surface area contributed by atoms with Gasteiger partial charge in [0.1, 0.15) is 11.5 Å². The second-order valence-electron chi connectivity index (χ2n) is 8.69. The lowest BCUT2D eigenvalue weighted by molar-refractivity contribution is 0.101. The first-order valence-corrected chi connectivity index (χ1v) is 11.5. The summed E-state index contributed by atoms with van der Waals surface area (Å²) in [6, 6.07) is 24.5. The van der Waals surface area contributed by atoms with Crippen LogP contribution in [0.1, 0.15) is 31.8 Å². The molecule has 0 bridgehead atoms. The quantitative estimate of drug-likeness (QED) is 0.175. The van der Waals surface area contributed by atoms with E-state index in [0.717, 1.165) is 11.1 Å². The maximum Gasteiger partial charge on any atom is 0.255 e. The SMILES string of the molecule is Cc1ccccc1C(=O)Nc1ccc(NC(=O)c2ccccc2C)c2c(O)c3ccccc3c(O)c12. The third-order valence-corrected chi connectivity index (χ3v) is 6.39. The van der Waals surface area contributed by atoms with E-state index < -0.39 is 0 Å². The lowest BCUT2D eigenvalue weighted by Gasteiger charge is -2.18. The summed E-state index contributed by atoms with van der Waals surface area (Å²) in [5.74, 6) is -0.910. The van der Waals surface area contributed by atoms with E-state index in [0.29, 0.717) is 33.3 Å². The number of carbonyl (C=O) groups excluding carboxylic acids is 2. The van der Waals surface area contributed by atoms with E-state index in [9.17, 15) is 19.8 Å². The summed E-state index contributed by atoms with van der Waals surface area (Å²) in [7, 11) is 0. The van der Waals surface area contributed by atoms with Gasteiger partial charge in [0.15, 0.2) is 0 Å². The summed E-state index contributed by atoms with van der Waals surface area (Å²) in [5.41, 5.74) is 3.22. The Balaban J connectivity index is 1.70. The predicted octanol–water partition coefficient (Wildman–Crippen LogP) is 6.53. The van der Waals surface area contributed by atoms with Gasteiger partial charge in [0.2, 0.25) is 0 Å². The maximum atomic E-state index is 13.1. The molecule has 0 aromatic heterocycles. The van der Waals surface area contributed by atoms with Gasteiger partial charge in [-0.25, -0.2) is 0 Å². The van der Waals surface area contributed by atoms with Crippen molar-refractivity contribution in [3.8, 4) is 11.5 Å². The fourth-order valence-corrected chi connectivity index (χ4v) is 4.50.